The summed E-state index contributed by atoms with van der Waals surface area (Å²) in [5, 5.41) is 10.2. The van der Waals surface area contributed by atoms with Crippen molar-refractivity contribution < 1.29 is 32.5 Å². The van der Waals surface area contributed by atoms with Gasteiger partial charge in [-0.2, -0.15) is 16.1 Å². The SMILES string of the molecule is COc1ccc(-c2ccc(S(=O)(=O)N(C)C(C(=O)O)C3(SC)CCC4(CC3)OCCO4)cc2)cc1. The number of methoxy groups -OCH3 is 1. The van der Waals surface area contributed by atoms with Crippen molar-refractivity contribution in [3.05, 3.63) is 48.5 Å². The van der Waals surface area contributed by atoms with Crippen LogP contribution in [0.4, 0.5) is 0 Å². The Balaban J connectivity index is 1.58. The van der Waals surface area contributed by atoms with E-state index in [1.165, 1.54) is 30.9 Å². The van der Waals surface area contributed by atoms with Gasteiger partial charge in [0.2, 0.25) is 10.0 Å². The van der Waals surface area contributed by atoms with Crippen LogP contribution >= 0.6 is 11.8 Å². The maximum absolute atomic E-state index is 13.5. The molecule has 2 aliphatic rings. The Labute approximate surface area is 210 Å². The molecule has 1 unspecified atom stereocenters. The van der Waals surface area contributed by atoms with Gasteiger partial charge in [0, 0.05) is 24.6 Å². The van der Waals surface area contributed by atoms with Crippen molar-refractivity contribution in [1.29, 1.82) is 0 Å². The molecule has 2 aromatic carbocycles. The number of carbonyl (C=O) groups is 1. The van der Waals surface area contributed by atoms with Gasteiger partial charge in [0.1, 0.15) is 11.8 Å². The van der Waals surface area contributed by atoms with Crippen molar-refractivity contribution in [2.75, 3.05) is 33.6 Å². The third kappa shape index (κ3) is 4.95. The molecule has 1 heterocycles. The minimum absolute atomic E-state index is 0.0505. The number of thioether (sulfide) groups is 1. The van der Waals surface area contributed by atoms with Crippen LogP contribution in [0.25, 0.3) is 11.1 Å². The Morgan fingerprint density at radius 2 is 1.51 bits per heavy atom. The maximum Gasteiger partial charge on any atom is 0.323 e. The number of carboxylic acids is 1. The molecule has 1 aliphatic heterocycles. The second kappa shape index (κ2) is 10.1. The minimum atomic E-state index is -4.06. The molecule has 2 fully saturated rings. The Morgan fingerprint density at radius 3 is 1.97 bits per heavy atom. The van der Waals surface area contributed by atoms with Gasteiger partial charge in [-0.1, -0.05) is 24.3 Å². The van der Waals surface area contributed by atoms with Crippen LogP contribution in [-0.2, 0) is 24.3 Å². The number of likely N-dealkylation sites (N-methyl/N-ethyl adjacent to an activating group) is 1. The molecule has 1 saturated carbocycles. The number of sulfonamides is 1. The van der Waals surface area contributed by atoms with Gasteiger partial charge in [0.25, 0.3) is 0 Å². The molecule has 1 atom stereocenters. The summed E-state index contributed by atoms with van der Waals surface area (Å²) >= 11 is 1.41. The topological polar surface area (TPSA) is 102 Å². The number of rotatable bonds is 8. The largest absolute Gasteiger partial charge is 0.497 e. The molecule has 4 rings (SSSR count). The van der Waals surface area contributed by atoms with E-state index in [0.717, 1.165) is 21.2 Å². The molecular formula is C25H31NO7S2. The molecule has 1 N–H and O–H groups in total. The van der Waals surface area contributed by atoms with Gasteiger partial charge in [-0.15, -0.1) is 0 Å². The zero-order valence-electron chi connectivity index (χ0n) is 20.1. The third-order valence-corrected chi connectivity index (χ3v) is 10.4. The molecule has 35 heavy (non-hydrogen) atoms. The van der Waals surface area contributed by atoms with Gasteiger partial charge in [-0.25, -0.2) is 8.42 Å². The van der Waals surface area contributed by atoms with E-state index in [9.17, 15) is 18.3 Å². The van der Waals surface area contributed by atoms with E-state index in [1.54, 1.807) is 19.2 Å². The molecule has 0 amide bonds. The van der Waals surface area contributed by atoms with Crippen molar-refractivity contribution in [2.24, 2.45) is 0 Å². The summed E-state index contributed by atoms with van der Waals surface area (Å²) < 4.78 is 44.1. The number of ether oxygens (including phenoxy) is 3. The summed E-state index contributed by atoms with van der Waals surface area (Å²) in [6, 6.07) is 12.7. The van der Waals surface area contributed by atoms with Crippen molar-refractivity contribution >= 4 is 27.8 Å². The van der Waals surface area contributed by atoms with Crippen molar-refractivity contribution in [3.63, 3.8) is 0 Å². The van der Waals surface area contributed by atoms with E-state index in [4.69, 9.17) is 14.2 Å². The highest BCUT2D eigenvalue weighted by molar-refractivity contribution is 8.00. The quantitative estimate of drug-likeness (QED) is 0.559. The van der Waals surface area contributed by atoms with Crippen LogP contribution in [0.2, 0.25) is 0 Å². The van der Waals surface area contributed by atoms with Crippen LogP contribution in [0.3, 0.4) is 0 Å². The van der Waals surface area contributed by atoms with Crippen LogP contribution in [0, 0.1) is 0 Å². The van der Waals surface area contributed by atoms with Crippen molar-refractivity contribution in [1.82, 2.24) is 4.31 Å². The van der Waals surface area contributed by atoms with E-state index < -0.39 is 32.6 Å². The summed E-state index contributed by atoms with van der Waals surface area (Å²) in [6.45, 7) is 1.05. The van der Waals surface area contributed by atoms with Crippen LogP contribution in [0.1, 0.15) is 25.7 Å². The first kappa shape index (κ1) is 26.0. The lowest BCUT2D eigenvalue weighted by Crippen LogP contribution is -2.58. The highest BCUT2D eigenvalue weighted by atomic mass is 32.2. The molecule has 0 radical (unpaired) electrons. The first-order valence-corrected chi connectivity index (χ1v) is 14.1. The number of benzene rings is 2. The molecule has 1 saturated heterocycles. The van der Waals surface area contributed by atoms with Gasteiger partial charge < -0.3 is 19.3 Å². The average molecular weight is 522 g/mol. The predicted octanol–water partition coefficient (Wildman–Crippen LogP) is 3.85. The van der Waals surface area contributed by atoms with E-state index in [-0.39, 0.29) is 4.90 Å². The molecule has 10 heteroatoms. The lowest BCUT2D eigenvalue weighted by atomic mass is 9.79. The fourth-order valence-corrected chi connectivity index (χ4v) is 7.59. The maximum atomic E-state index is 13.5. The molecular weight excluding hydrogens is 490 g/mol. The monoisotopic (exact) mass is 521 g/mol. The molecule has 0 bridgehead atoms. The van der Waals surface area contributed by atoms with Crippen molar-refractivity contribution in [3.8, 4) is 16.9 Å². The zero-order valence-corrected chi connectivity index (χ0v) is 21.7. The average Bonchev–Trinajstić information content (AvgIpc) is 3.33. The van der Waals surface area contributed by atoms with Gasteiger partial charge >= 0.3 is 5.97 Å². The minimum Gasteiger partial charge on any atom is -0.497 e. The number of carboxylic acid groups (broad SMARTS) is 1. The van der Waals surface area contributed by atoms with Gasteiger partial charge in [0.15, 0.2) is 5.79 Å². The third-order valence-electron chi connectivity index (χ3n) is 7.13. The lowest BCUT2D eigenvalue weighted by molar-refractivity contribution is -0.183. The Kier molecular flexibility index (Phi) is 7.49. The molecule has 0 aromatic heterocycles. The zero-order chi connectivity index (χ0) is 25.3. The molecule has 1 spiro atoms. The fourth-order valence-electron chi connectivity index (χ4n) is 5.05. The first-order valence-electron chi connectivity index (χ1n) is 11.4. The normalized spacial score (nSPS) is 20.1. The second-order valence-electron chi connectivity index (χ2n) is 8.89. The highest BCUT2D eigenvalue weighted by Crippen LogP contribution is 2.49. The molecule has 1 aliphatic carbocycles. The standard InChI is InChI=1S/C25H31NO7S2/c1-26(22(23(27)28)24(34-3)12-14-25(15-13-24)32-16-17-33-25)35(29,30)21-10-6-19(7-11-21)18-4-8-20(31-2)9-5-18/h4-11,22H,12-17H2,1-3H3,(H,27,28). The van der Waals surface area contributed by atoms with Gasteiger partial charge in [-0.3, -0.25) is 4.79 Å². The number of hydrogen-bond acceptors (Lipinski definition) is 7. The van der Waals surface area contributed by atoms with Crippen LogP contribution in [-0.4, -0.2) is 74.0 Å². The van der Waals surface area contributed by atoms with Crippen LogP contribution in [0.5, 0.6) is 5.75 Å². The van der Waals surface area contributed by atoms with Gasteiger partial charge in [0.05, 0.1) is 25.2 Å². The van der Waals surface area contributed by atoms with E-state index in [1.807, 2.05) is 30.5 Å². The van der Waals surface area contributed by atoms with E-state index >= 15 is 0 Å². The number of nitrogens with zero attached hydrogens (tertiary/aromatic N) is 1. The number of aliphatic carboxylic acids is 1. The predicted molar refractivity (Wildman–Crippen MR) is 134 cm³/mol. The summed E-state index contributed by atoms with van der Waals surface area (Å²) in [7, 11) is -1.11. The summed E-state index contributed by atoms with van der Waals surface area (Å²) in [5.41, 5.74) is 1.76. The lowest BCUT2D eigenvalue weighted by Gasteiger charge is -2.47. The summed E-state index contributed by atoms with van der Waals surface area (Å²) in [6.07, 6.45) is 3.85. The van der Waals surface area contributed by atoms with Crippen LogP contribution < -0.4 is 4.74 Å². The molecule has 8 nitrogen and oxygen atoms in total. The van der Waals surface area contributed by atoms with Crippen LogP contribution in [0.15, 0.2) is 53.4 Å². The Morgan fingerprint density at radius 1 is 1.00 bits per heavy atom. The Hall–Kier alpha value is -2.11. The number of hydrogen-bond donors (Lipinski definition) is 1. The van der Waals surface area contributed by atoms with Gasteiger partial charge in [-0.05, 0) is 54.5 Å². The Bertz CT molecular complexity index is 1130. The first-order chi connectivity index (χ1) is 16.7. The molecule has 190 valence electrons. The fraction of sp³-hybridized carbons (Fsp3) is 0.480. The second-order valence-corrected chi connectivity index (χ2v) is 12.1. The van der Waals surface area contributed by atoms with Crippen molar-refractivity contribution in [2.45, 2.75) is 47.2 Å². The van der Waals surface area contributed by atoms with E-state index in [0.29, 0.717) is 38.9 Å². The highest BCUT2D eigenvalue weighted by Gasteiger charge is 2.54. The summed E-state index contributed by atoms with van der Waals surface area (Å²) in [4.78, 5) is 12.5. The molecule has 2 aromatic rings. The van der Waals surface area contributed by atoms with E-state index in [2.05, 4.69) is 0 Å². The summed E-state index contributed by atoms with van der Waals surface area (Å²) in [5.74, 6) is -1.10. The smallest absolute Gasteiger partial charge is 0.323 e.